The van der Waals surface area contributed by atoms with Gasteiger partial charge in [-0.2, -0.15) is 0 Å². The van der Waals surface area contributed by atoms with E-state index in [2.05, 4.69) is 41.4 Å². The monoisotopic (exact) mass is 483 g/mol. The maximum atomic E-state index is 11.4. The molecule has 1 aromatic heterocycles. The molecular weight excluding hydrogens is 434 g/mol. The number of nitrogens with zero attached hydrogens (tertiary/aromatic N) is 4. The first kappa shape index (κ1) is 26.5. The van der Waals surface area contributed by atoms with Crippen molar-refractivity contribution in [3.63, 3.8) is 0 Å². The van der Waals surface area contributed by atoms with Gasteiger partial charge >= 0.3 is 0 Å². The Morgan fingerprint density at radius 2 is 1.51 bits per heavy atom. The molecule has 3 saturated heterocycles. The fourth-order valence-corrected chi connectivity index (χ4v) is 6.43. The summed E-state index contributed by atoms with van der Waals surface area (Å²) in [5.41, 5.74) is 1.32. The lowest BCUT2D eigenvalue weighted by Gasteiger charge is -2.42. The van der Waals surface area contributed by atoms with E-state index in [4.69, 9.17) is 9.97 Å². The van der Waals surface area contributed by atoms with Crippen LogP contribution in [0, 0.1) is 11.8 Å². The molecule has 2 bridgehead atoms. The summed E-state index contributed by atoms with van der Waals surface area (Å²) in [6, 6.07) is 1.84. The zero-order valence-corrected chi connectivity index (χ0v) is 22.7. The molecular formula is C29H49N5O. The van der Waals surface area contributed by atoms with E-state index in [0.717, 1.165) is 38.5 Å². The molecule has 35 heavy (non-hydrogen) atoms. The highest BCUT2D eigenvalue weighted by Gasteiger charge is 2.41. The molecule has 2 unspecified atom stereocenters. The summed E-state index contributed by atoms with van der Waals surface area (Å²) in [5, 5.41) is 3.43. The third kappa shape index (κ3) is 7.03. The van der Waals surface area contributed by atoms with Gasteiger partial charge in [0.05, 0.1) is 0 Å². The van der Waals surface area contributed by atoms with Gasteiger partial charge in [-0.05, 0) is 70.0 Å². The molecule has 4 fully saturated rings. The first-order chi connectivity index (χ1) is 16.9. The number of rotatable bonds is 6. The van der Waals surface area contributed by atoms with E-state index < -0.39 is 0 Å². The standard InChI is InChI=1S/C18H29N5.C11H20O/c1-13(2)22-11-16-3-4-17(12-22)23(16)18-20-9-15(10-21-18)14-5-7-19-8-6-14;1-9(2)11(12)8-10-6-4-3-5-7-10/h9-10,13-14,16-17,19H,3-8,11-12H2,1-2H3;9-10H,3-8H2,1-2H3. The highest BCUT2D eigenvalue weighted by Crippen LogP contribution is 2.34. The minimum atomic E-state index is 0.243. The van der Waals surface area contributed by atoms with E-state index in [1.54, 1.807) is 0 Å². The number of nitrogens with one attached hydrogen (secondary N) is 1. The van der Waals surface area contributed by atoms with E-state index in [9.17, 15) is 4.79 Å². The van der Waals surface area contributed by atoms with Crippen LogP contribution in [0.25, 0.3) is 0 Å². The smallest absolute Gasteiger partial charge is 0.225 e. The van der Waals surface area contributed by atoms with E-state index in [-0.39, 0.29) is 5.92 Å². The van der Waals surface area contributed by atoms with Crippen molar-refractivity contribution in [3.05, 3.63) is 18.0 Å². The fraction of sp³-hybridized carbons (Fsp3) is 0.828. The molecule has 0 amide bonds. The average molecular weight is 484 g/mol. The van der Waals surface area contributed by atoms with Gasteiger partial charge in [0.15, 0.2) is 0 Å². The van der Waals surface area contributed by atoms with Crippen molar-refractivity contribution in [2.24, 2.45) is 11.8 Å². The largest absolute Gasteiger partial charge is 0.332 e. The highest BCUT2D eigenvalue weighted by atomic mass is 16.1. The molecule has 6 heteroatoms. The number of likely N-dealkylation sites (tertiary alicyclic amines) is 1. The second kappa shape index (κ2) is 12.6. The van der Waals surface area contributed by atoms with Crippen molar-refractivity contribution >= 4 is 11.7 Å². The van der Waals surface area contributed by atoms with E-state index in [1.807, 2.05) is 13.8 Å². The fourth-order valence-electron chi connectivity index (χ4n) is 6.43. The third-order valence-electron chi connectivity index (χ3n) is 8.80. The molecule has 6 nitrogen and oxygen atoms in total. The van der Waals surface area contributed by atoms with Crippen LogP contribution in [-0.4, -0.2) is 65.0 Å². The van der Waals surface area contributed by atoms with Crippen LogP contribution in [0.4, 0.5) is 5.95 Å². The Morgan fingerprint density at radius 3 is 2.06 bits per heavy atom. The molecule has 4 heterocycles. The molecule has 1 N–H and O–H groups in total. The molecule has 0 spiro atoms. The Kier molecular flexibility index (Phi) is 9.57. The Hall–Kier alpha value is -1.53. The van der Waals surface area contributed by atoms with Crippen LogP contribution < -0.4 is 10.2 Å². The second-order valence-corrected chi connectivity index (χ2v) is 12.0. The summed E-state index contributed by atoms with van der Waals surface area (Å²) < 4.78 is 0. The number of piperazine rings is 1. The van der Waals surface area contributed by atoms with Crippen molar-refractivity contribution in [1.29, 1.82) is 0 Å². The number of Topliss-reactive ketones (excluding diaryl/α,β-unsaturated/α-hetero) is 1. The summed E-state index contributed by atoms with van der Waals surface area (Å²) in [4.78, 5) is 26.1. The SMILES string of the molecule is CC(C)C(=O)CC1CCCCC1.CC(C)N1CC2CCC(C1)N2c1ncc(C2CCNCC2)cn1. The lowest BCUT2D eigenvalue weighted by atomic mass is 9.84. The van der Waals surface area contributed by atoms with E-state index in [0.29, 0.717) is 35.7 Å². The molecule has 4 aliphatic rings. The summed E-state index contributed by atoms with van der Waals surface area (Å²) in [6.45, 7) is 13.2. The highest BCUT2D eigenvalue weighted by molar-refractivity contribution is 5.80. The first-order valence-electron chi connectivity index (χ1n) is 14.5. The number of carbonyl (C=O) groups excluding carboxylic acids is 1. The summed E-state index contributed by atoms with van der Waals surface area (Å²) in [6.07, 6.45) is 16.7. The number of hydrogen-bond donors (Lipinski definition) is 1. The van der Waals surface area contributed by atoms with Crippen molar-refractivity contribution < 1.29 is 4.79 Å². The summed E-state index contributed by atoms with van der Waals surface area (Å²) in [5.74, 6) is 3.01. The Labute approximate surface area is 213 Å². The summed E-state index contributed by atoms with van der Waals surface area (Å²) in [7, 11) is 0. The zero-order chi connectivity index (χ0) is 24.8. The van der Waals surface area contributed by atoms with Crippen molar-refractivity contribution in [2.45, 2.75) is 116 Å². The number of anilines is 1. The minimum absolute atomic E-state index is 0.243. The molecule has 5 rings (SSSR count). The molecule has 2 atom stereocenters. The lowest BCUT2D eigenvalue weighted by Crippen LogP contribution is -2.56. The third-order valence-corrected chi connectivity index (χ3v) is 8.80. The summed E-state index contributed by atoms with van der Waals surface area (Å²) >= 11 is 0. The van der Waals surface area contributed by atoms with Gasteiger partial charge in [0, 0.05) is 55.9 Å². The van der Waals surface area contributed by atoms with Crippen LogP contribution in [0.15, 0.2) is 12.4 Å². The van der Waals surface area contributed by atoms with Crippen LogP contribution in [0.2, 0.25) is 0 Å². The van der Waals surface area contributed by atoms with Crippen LogP contribution in [0.5, 0.6) is 0 Å². The van der Waals surface area contributed by atoms with Gasteiger partial charge in [0.25, 0.3) is 0 Å². The molecule has 196 valence electrons. The Morgan fingerprint density at radius 1 is 0.914 bits per heavy atom. The Bertz CT molecular complexity index is 769. The van der Waals surface area contributed by atoms with Crippen molar-refractivity contribution in [3.8, 4) is 0 Å². The van der Waals surface area contributed by atoms with Gasteiger partial charge in [0.2, 0.25) is 5.95 Å². The minimum Gasteiger partial charge on any atom is -0.332 e. The number of piperidine rings is 1. The van der Waals surface area contributed by atoms with Gasteiger partial charge in [-0.1, -0.05) is 46.0 Å². The van der Waals surface area contributed by atoms with Gasteiger partial charge in [0.1, 0.15) is 5.78 Å². The molecule has 3 aliphatic heterocycles. The van der Waals surface area contributed by atoms with Crippen LogP contribution in [-0.2, 0) is 4.79 Å². The van der Waals surface area contributed by atoms with Crippen LogP contribution in [0.1, 0.15) is 103 Å². The predicted molar refractivity (Wildman–Crippen MR) is 144 cm³/mol. The molecule has 1 aromatic rings. The van der Waals surface area contributed by atoms with E-state index >= 15 is 0 Å². The number of ketones is 1. The normalized spacial score (nSPS) is 26.2. The van der Waals surface area contributed by atoms with Gasteiger partial charge < -0.3 is 10.2 Å². The lowest BCUT2D eigenvalue weighted by molar-refractivity contribution is -0.123. The topological polar surface area (TPSA) is 61.4 Å². The van der Waals surface area contributed by atoms with Gasteiger partial charge in [-0.15, -0.1) is 0 Å². The Balaban J connectivity index is 0.000000204. The molecule has 0 radical (unpaired) electrons. The second-order valence-electron chi connectivity index (χ2n) is 12.0. The van der Waals surface area contributed by atoms with Gasteiger partial charge in [-0.25, -0.2) is 9.97 Å². The number of fused-ring (bicyclic) bond motifs is 2. The number of carbonyl (C=O) groups is 1. The van der Waals surface area contributed by atoms with Crippen molar-refractivity contribution in [1.82, 2.24) is 20.2 Å². The molecule has 1 saturated carbocycles. The molecule has 0 aromatic carbocycles. The van der Waals surface area contributed by atoms with Crippen LogP contribution in [0.3, 0.4) is 0 Å². The maximum absolute atomic E-state index is 11.4. The van der Waals surface area contributed by atoms with Gasteiger partial charge in [-0.3, -0.25) is 9.69 Å². The zero-order valence-electron chi connectivity index (χ0n) is 22.7. The maximum Gasteiger partial charge on any atom is 0.225 e. The number of aromatic nitrogens is 2. The number of hydrogen-bond acceptors (Lipinski definition) is 6. The predicted octanol–water partition coefficient (Wildman–Crippen LogP) is 5.19. The van der Waals surface area contributed by atoms with E-state index in [1.165, 1.54) is 63.4 Å². The quantitative estimate of drug-likeness (QED) is 0.601. The first-order valence-corrected chi connectivity index (χ1v) is 14.5. The van der Waals surface area contributed by atoms with Crippen molar-refractivity contribution in [2.75, 3.05) is 31.1 Å². The average Bonchev–Trinajstić information content (AvgIpc) is 3.14. The molecule has 1 aliphatic carbocycles. The van der Waals surface area contributed by atoms with Crippen LogP contribution >= 0.6 is 0 Å².